The first-order valence-electron chi connectivity index (χ1n) is 6.70. The minimum atomic E-state index is 0.000757. The van der Waals surface area contributed by atoms with Gasteiger partial charge >= 0.3 is 0 Å². The van der Waals surface area contributed by atoms with Crippen molar-refractivity contribution in [1.29, 1.82) is 0 Å². The van der Waals surface area contributed by atoms with E-state index in [0.29, 0.717) is 12.1 Å². The molecule has 2 N–H and O–H groups in total. The highest BCUT2D eigenvalue weighted by molar-refractivity contribution is 5.62. The lowest BCUT2D eigenvalue weighted by Crippen LogP contribution is -2.27. The maximum Gasteiger partial charge on any atom is 0.255 e. The van der Waals surface area contributed by atoms with Crippen molar-refractivity contribution < 1.29 is 4.74 Å². The van der Waals surface area contributed by atoms with Gasteiger partial charge in [0.05, 0.1) is 12.8 Å². The third-order valence-electron chi connectivity index (χ3n) is 3.53. The first-order chi connectivity index (χ1) is 9.62. The van der Waals surface area contributed by atoms with E-state index in [1.165, 1.54) is 0 Å². The third-order valence-corrected chi connectivity index (χ3v) is 3.53. The van der Waals surface area contributed by atoms with Crippen LogP contribution in [0.3, 0.4) is 0 Å². The van der Waals surface area contributed by atoms with Crippen LogP contribution in [0.25, 0.3) is 11.3 Å². The monoisotopic (exact) mass is 272 g/mol. The SMILES string of the molecule is CCn1c(-c2ccc(OC)cc2)cc(C)c(CN)c1=O. The first kappa shape index (κ1) is 14.3. The van der Waals surface area contributed by atoms with E-state index in [-0.39, 0.29) is 12.1 Å². The molecule has 4 heteroatoms. The van der Waals surface area contributed by atoms with Gasteiger partial charge in [-0.1, -0.05) is 0 Å². The van der Waals surface area contributed by atoms with E-state index in [0.717, 1.165) is 22.6 Å². The fourth-order valence-corrected chi connectivity index (χ4v) is 2.37. The molecule has 106 valence electrons. The zero-order valence-corrected chi connectivity index (χ0v) is 12.1. The van der Waals surface area contributed by atoms with Crippen molar-refractivity contribution in [1.82, 2.24) is 4.57 Å². The Morgan fingerprint density at radius 3 is 2.40 bits per heavy atom. The van der Waals surface area contributed by atoms with Gasteiger partial charge in [-0.15, -0.1) is 0 Å². The molecular weight excluding hydrogens is 252 g/mol. The number of hydrogen-bond donors (Lipinski definition) is 1. The smallest absolute Gasteiger partial charge is 0.255 e. The number of aromatic nitrogens is 1. The first-order valence-corrected chi connectivity index (χ1v) is 6.70. The normalized spacial score (nSPS) is 10.6. The van der Waals surface area contributed by atoms with Crippen molar-refractivity contribution in [2.24, 2.45) is 5.73 Å². The van der Waals surface area contributed by atoms with Gasteiger partial charge in [0.1, 0.15) is 5.75 Å². The molecule has 1 heterocycles. The molecule has 0 saturated carbocycles. The van der Waals surface area contributed by atoms with Crippen LogP contribution in [-0.2, 0) is 13.1 Å². The van der Waals surface area contributed by atoms with Gasteiger partial charge in [0, 0.05) is 18.7 Å². The highest BCUT2D eigenvalue weighted by Crippen LogP contribution is 2.23. The number of nitrogens with zero attached hydrogens (tertiary/aromatic N) is 1. The lowest BCUT2D eigenvalue weighted by atomic mass is 10.0. The number of benzene rings is 1. The van der Waals surface area contributed by atoms with Crippen LogP contribution in [0.15, 0.2) is 35.1 Å². The van der Waals surface area contributed by atoms with Gasteiger partial charge < -0.3 is 15.0 Å². The second-order valence-electron chi connectivity index (χ2n) is 4.67. The van der Waals surface area contributed by atoms with Crippen LogP contribution in [0.1, 0.15) is 18.1 Å². The van der Waals surface area contributed by atoms with Crippen molar-refractivity contribution in [3.8, 4) is 17.0 Å². The molecule has 0 aliphatic carbocycles. The predicted octanol–water partition coefficient (Wildman–Crippen LogP) is 2.31. The summed E-state index contributed by atoms with van der Waals surface area (Å²) in [6, 6.07) is 9.73. The maximum atomic E-state index is 12.4. The Labute approximate surface area is 118 Å². The Hall–Kier alpha value is -2.07. The number of nitrogens with two attached hydrogens (primary N) is 1. The number of rotatable bonds is 4. The lowest BCUT2D eigenvalue weighted by Gasteiger charge is -2.15. The van der Waals surface area contributed by atoms with E-state index in [1.54, 1.807) is 11.7 Å². The maximum absolute atomic E-state index is 12.4. The summed E-state index contributed by atoms with van der Waals surface area (Å²) in [5, 5.41) is 0. The van der Waals surface area contributed by atoms with Gasteiger partial charge in [0.15, 0.2) is 0 Å². The van der Waals surface area contributed by atoms with Gasteiger partial charge in [0.2, 0.25) is 0 Å². The molecule has 1 aromatic heterocycles. The summed E-state index contributed by atoms with van der Waals surface area (Å²) in [5.74, 6) is 0.800. The predicted molar refractivity (Wildman–Crippen MR) is 81.0 cm³/mol. The highest BCUT2D eigenvalue weighted by Gasteiger charge is 2.11. The second kappa shape index (κ2) is 5.92. The Morgan fingerprint density at radius 1 is 1.25 bits per heavy atom. The summed E-state index contributed by atoms with van der Waals surface area (Å²) in [7, 11) is 1.64. The molecule has 1 aromatic carbocycles. The minimum absolute atomic E-state index is 0.000757. The van der Waals surface area contributed by atoms with Crippen molar-refractivity contribution in [3.05, 3.63) is 51.8 Å². The largest absolute Gasteiger partial charge is 0.497 e. The quantitative estimate of drug-likeness (QED) is 0.929. The molecule has 0 aliphatic rings. The molecule has 4 nitrogen and oxygen atoms in total. The van der Waals surface area contributed by atoms with Crippen LogP contribution < -0.4 is 16.0 Å². The molecule has 0 saturated heterocycles. The molecule has 2 aromatic rings. The number of ether oxygens (including phenoxy) is 1. The molecule has 0 fully saturated rings. The summed E-state index contributed by atoms with van der Waals surface area (Å²) in [5.41, 5.74) is 9.20. The topological polar surface area (TPSA) is 57.2 Å². The van der Waals surface area contributed by atoms with E-state index >= 15 is 0 Å². The molecule has 0 radical (unpaired) electrons. The van der Waals surface area contributed by atoms with Crippen LogP contribution in [0.4, 0.5) is 0 Å². The molecule has 0 aliphatic heterocycles. The molecule has 0 bridgehead atoms. The second-order valence-corrected chi connectivity index (χ2v) is 4.67. The molecule has 0 amide bonds. The standard InChI is InChI=1S/C16H20N2O2/c1-4-18-15(9-11(2)14(10-17)16(18)19)12-5-7-13(20-3)8-6-12/h5-9H,4,10,17H2,1-3H3. The molecule has 2 rings (SSSR count). The van der Waals surface area contributed by atoms with Gasteiger partial charge in [-0.2, -0.15) is 0 Å². The molecule has 20 heavy (non-hydrogen) atoms. The van der Waals surface area contributed by atoms with Crippen molar-refractivity contribution in [2.75, 3.05) is 7.11 Å². The van der Waals surface area contributed by atoms with Crippen molar-refractivity contribution >= 4 is 0 Å². The average Bonchev–Trinajstić information content (AvgIpc) is 2.47. The Morgan fingerprint density at radius 2 is 1.90 bits per heavy atom. The van der Waals surface area contributed by atoms with Crippen LogP contribution in [0, 0.1) is 6.92 Å². The fraction of sp³-hybridized carbons (Fsp3) is 0.312. The number of pyridine rings is 1. The Kier molecular flexibility index (Phi) is 4.25. The van der Waals surface area contributed by atoms with Gasteiger partial charge in [-0.25, -0.2) is 0 Å². The minimum Gasteiger partial charge on any atom is -0.497 e. The summed E-state index contributed by atoms with van der Waals surface area (Å²) in [4.78, 5) is 12.4. The van der Waals surface area contributed by atoms with Crippen molar-refractivity contribution in [2.45, 2.75) is 26.9 Å². The lowest BCUT2D eigenvalue weighted by molar-refractivity contribution is 0.415. The van der Waals surface area contributed by atoms with Gasteiger partial charge in [-0.05, 0) is 55.3 Å². The number of methoxy groups -OCH3 is 1. The van der Waals surface area contributed by atoms with E-state index < -0.39 is 0 Å². The highest BCUT2D eigenvalue weighted by atomic mass is 16.5. The van der Waals surface area contributed by atoms with Crippen molar-refractivity contribution in [3.63, 3.8) is 0 Å². The zero-order valence-electron chi connectivity index (χ0n) is 12.1. The van der Waals surface area contributed by atoms with E-state index in [2.05, 4.69) is 0 Å². The summed E-state index contributed by atoms with van der Waals surface area (Å²) in [6.45, 7) is 4.78. The number of hydrogen-bond acceptors (Lipinski definition) is 3. The molecule has 0 atom stereocenters. The number of aryl methyl sites for hydroxylation is 1. The summed E-state index contributed by atoms with van der Waals surface area (Å²) < 4.78 is 6.92. The van der Waals surface area contributed by atoms with Crippen LogP contribution in [-0.4, -0.2) is 11.7 Å². The van der Waals surface area contributed by atoms with Crippen LogP contribution in [0.5, 0.6) is 5.75 Å². The summed E-state index contributed by atoms with van der Waals surface area (Å²) in [6.07, 6.45) is 0. The molecule has 0 unspecified atom stereocenters. The Bertz CT molecular complexity index is 657. The molecule has 0 spiro atoms. The molecular formula is C16H20N2O2. The van der Waals surface area contributed by atoms with Gasteiger partial charge in [-0.3, -0.25) is 4.79 Å². The fourth-order valence-electron chi connectivity index (χ4n) is 2.37. The zero-order chi connectivity index (χ0) is 14.7. The van der Waals surface area contributed by atoms with Gasteiger partial charge in [0.25, 0.3) is 5.56 Å². The van der Waals surface area contributed by atoms with E-state index in [4.69, 9.17) is 10.5 Å². The average molecular weight is 272 g/mol. The van der Waals surface area contributed by atoms with E-state index in [1.807, 2.05) is 44.2 Å². The van der Waals surface area contributed by atoms with E-state index in [9.17, 15) is 4.79 Å². The van der Waals surface area contributed by atoms with Crippen LogP contribution in [0.2, 0.25) is 0 Å². The summed E-state index contributed by atoms with van der Waals surface area (Å²) >= 11 is 0. The Balaban J connectivity index is 2.63. The third kappa shape index (κ3) is 2.47. The van der Waals surface area contributed by atoms with Crippen LogP contribution >= 0.6 is 0 Å².